The molecule has 6 aromatic carbocycles. The van der Waals surface area contributed by atoms with Gasteiger partial charge in [-0.2, -0.15) is 0 Å². The number of aromatic nitrogens is 1. The Kier molecular flexibility index (Phi) is 4.24. The van der Waals surface area contributed by atoms with Gasteiger partial charge in [0.15, 0.2) is 0 Å². The van der Waals surface area contributed by atoms with Gasteiger partial charge in [-0.15, -0.1) is 11.3 Å². The van der Waals surface area contributed by atoms with Crippen LogP contribution in [0, 0.1) is 0 Å². The van der Waals surface area contributed by atoms with E-state index in [1.807, 2.05) is 23.5 Å². The molecule has 3 aromatic heterocycles. The van der Waals surface area contributed by atoms with Crippen molar-refractivity contribution >= 4 is 75.3 Å². The van der Waals surface area contributed by atoms with Gasteiger partial charge < -0.3 is 8.98 Å². The number of hydrogen-bond acceptors (Lipinski definition) is 2. The average Bonchev–Trinajstić information content (AvgIpc) is 3.65. The molecule has 0 aliphatic carbocycles. The molecule has 0 aliphatic heterocycles. The highest BCUT2D eigenvalue weighted by Crippen LogP contribution is 2.39. The smallest absolute Gasteiger partial charge is 0.137 e. The van der Waals surface area contributed by atoms with Crippen LogP contribution in [0.25, 0.3) is 80.7 Å². The molecular formula is C36H21NOS. The van der Waals surface area contributed by atoms with Crippen molar-refractivity contribution in [3.05, 3.63) is 127 Å². The highest BCUT2D eigenvalue weighted by Gasteiger charge is 2.16. The average molecular weight is 516 g/mol. The maximum Gasteiger partial charge on any atom is 0.137 e. The van der Waals surface area contributed by atoms with Gasteiger partial charge in [0.05, 0.1) is 11.0 Å². The van der Waals surface area contributed by atoms with Gasteiger partial charge in [-0.1, -0.05) is 72.8 Å². The van der Waals surface area contributed by atoms with Crippen LogP contribution in [-0.4, -0.2) is 4.57 Å². The summed E-state index contributed by atoms with van der Waals surface area (Å²) in [6.45, 7) is 0. The second-order valence-corrected chi connectivity index (χ2v) is 11.3. The van der Waals surface area contributed by atoms with E-state index in [1.165, 1.54) is 47.6 Å². The Morgan fingerprint density at radius 2 is 1.15 bits per heavy atom. The van der Waals surface area contributed by atoms with Gasteiger partial charge in [-0.05, 0) is 59.7 Å². The molecule has 9 aromatic rings. The summed E-state index contributed by atoms with van der Waals surface area (Å²) in [5.41, 5.74) is 7.80. The van der Waals surface area contributed by atoms with Crippen molar-refractivity contribution in [2.75, 3.05) is 0 Å². The van der Waals surface area contributed by atoms with Gasteiger partial charge in [0.1, 0.15) is 11.2 Å². The fraction of sp³-hybridized carbons (Fsp3) is 0. The van der Waals surface area contributed by atoms with Crippen molar-refractivity contribution in [3.8, 4) is 16.8 Å². The third-order valence-corrected chi connectivity index (χ3v) is 9.16. The van der Waals surface area contributed by atoms with Gasteiger partial charge in [0.2, 0.25) is 0 Å². The quantitative estimate of drug-likeness (QED) is 0.224. The van der Waals surface area contributed by atoms with E-state index in [2.05, 4.69) is 120 Å². The van der Waals surface area contributed by atoms with Crippen LogP contribution in [0.5, 0.6) is 0 Å². The predicted molar refractivity (Wildman–Crippen MR) is 166 cm³/mol. The van der Waals surface area contributed by atoms with Crippen molar-refractivity contribution in [1.29, 1.82) is 0 Å². The van der Waals surface area contributed by atoms with E-state index >= 15 is 0 Å². The minimum absolute atomic E-state index is 0.917. The number of benzene rings is 6. The summed E-state index contributed by atoms with van der Waals surface area (Å²) >= 11 is 1.86. The lowest BCUT2D eigenvalue weighted by Crippen LogP contribution is -1.93. The highest BCUT2D eigenvalue weighted by atomic mass is 32.1. The first-order valence-electron chi connectivity index (χ1n) is 13.2. The Labute approximate surface area is 227 Å². The summed E-state index contributed by atoms with van der Waals surface area (Å²) in [7, 11) is 0. The molecule has 0 spiro atoms. The lowest BCUT2D eigenvalue weighted by atomic mass is 10.0. The number of furan rings is 1. The van der Waals surface area contributed by atoms with E-state index in [1.54, 1.807) is 0 Å². The Morgan fingerprint density at radius 1 is 0.436 bits per heavy atom. The van der Waals surface area contributed by atoms with Gasteiger partial charge >= 0.3 is 0 Å². The first kappa shape index (κ1) is 21.1. The minimum atomic E-state index is 0.917. The first-order chi connectivity index (χ1) is 19.3. The second kappa shape index (κ2) is 7.83. The van der Waals surface area contributed by atoms with E-state index in [4.69, 9.17) is 4.42 Å². The molecule has 2 nitrogen and oxygen atoms in total. The molecule has 0 N–H and O–H groups in total. The van der Waals surface area contributed by atoms with Crippen molar-refractivity contribution < 1.29 is 4.42 Å². The molecule has 0 unspecified atom stereocenters. The Balaban J connectivity index is 1.23. The van der Waals surface area contributed by atoms with Crippen molar-refractivity contribution in [2.24, 2.45) is 0 Å². The summed E-state index contributed by atoms with van der Waals surface area (Å²) in [6.07, 6.45) is 0. The first-order valence-corrected chi connectivity index (χ1v) is 14.0. The van der Waals surface area contributed by atoms with Gasteiger partial charge in [-0.25, -0.2) is 0 Å². The van der Waals surface area contributed by atoms with Crippen LogP contribution in [0.1, 0.15) is 0 Å². The van der Waals surface area contributed by atoms with Crippen molar-refractivity contribution in [3.63, 3.8) is 0 Å². The van der Waals surface area contributed by atoms with Crippen LogP contribution in [0.3, 0.4) is 0 Å². The Hall–Kier alpha value is -4.86. The van der Waals surface area contributed by atoms with E-state index in [-0.39, 0.29) is 0 Å². The lowest BCUT2D eigenvalue weighted by Gasteiger charge is -2.10. The molecule has 0 saturated heterocycles. The number of hydrogen-bond donors (Lipinski definition) is 0. The molecule has 3 heterocycles. The van der Waals surface area contributed by atoms with E-state index in [9.17, 15) is 0 Å². The van der Waals surface area contributed by atoms with Crippen LogP contribution in [-0.2, 0) is 0 Å². The standard InChI is InChI=1S/C36H21NOS/c1-4-10-31-25(7-1)28-20-29-26-8-2-5-11-33(26)38-34(29)21-32(28)37(31)24-16-13-22(14-17-24)23-15-18-36-30(19-23)27-9-3-6-12-35(27)39-36/h1-21H. The zero-order chi connectivity index (χ0) is 25.5. The molecule has 0 amide bonds. The van der Waals surface area contributed by atoms with Crippen molar-refractivity contribution in [2.45, 2.75) is 0 Å². The second-order valence-electron chi connectivity index (χ2n) is 10.2. The number of thiophene rings is 1. The SMILES string of the molecule is c1ccc2c(c1)oc1cc3c(cc12)c1ccccc1n3-c1ccc(-c2ccc3sc4ccccc4c3c2)cc1. The van der Waals surface area contributed by atoms with Crippen LogP contribution >= 0.6 is 11.3 Å². The zero-order valence-electron chi connectivity index (χ0n) is 20.9. The third-order valence-electron chi connectivity index (χ3n) is 8.01. The highest BCUT2D eigenvalue weighted by molar-refractivity contribution is 7.25. The Morgan fingerprint density at radius 3 is 2.05 bits per heavy atom. The number of rotatable bonds is 2. The monoisotopic (exact) mass is 515 g/mol. The summed E-state index contributed by atoms with van der Waals surface area (Å²) < 4.78 is 11.3. The summed E-state index contributed by atoms with van der Waals surface area (Å²) in [5, 5.41) is 7.47. The molecule has 39 heavy (non-hydrogen) atoms. The fourth-order valence-electron chi connectivity index (χ4n) is 6.17. The molecule has 9 rings (SSSR count). The maximum atomic E-state index is 6.27. The molecule has 0 saturated carbocycles. The van der Waals surface area contributed by atoms with E-state index < -0.39 is 0 Å². The number of nitrogens with zero attached hydrogens (tertiary/aromatic N) is 1. The van der Waals surface area contributed by atoms with Crippen molar-refractivity contribution in [1.82, 2.24) is 4.57 Å². The van der Waals surface area contributed by atoms with E-state index in [0.717, 1.165) is 33.1 Å². The topological polar surface area (TPSA) is 18.1 Å². The predicted octanol–water partition coefficient (Wildman–Crippen LogP) is 10.7. The molecule has 3 heteroatoms. The minimum Gasteiger partial charge on any atom is -0.456 e. The maximum absolute atomic E-state index is 6.27. The van der Waals surface area contributed by atoms with Crippen LogP contribution in [0.15, 0.2) is 132 Å². The van der Waals surface area contributed by atoms with Gasteiger partial charge in [0.25, 0.3) is 0 Å². The normalized spacial score (nSPS) is 12.1. The fourth-order valence-corrected chi connectivity index (χ4v) is 7.26. The summed E-state index contributed by atoms with van der Waals surface area (Å²) in [6, 6.07) is 45.9. The zero-order valence-corrected chi connectivity index (χ0v) is 21.7. The Bertz CT molecular complexity index is 2380. The number of para-hydroxylation sites is 2. The van der Waals surface area contributed by atoms with Crippen LogP contribution < -0.4 is 0 Å². The largest absolute Gasteiger partial charge is 0.456 e. The van der Waals surface area contributed by atoms with E-state index in [0.29, 0.717) is 0 Å². The summed E-state index contributed by atoms with van der Waals surface area (Å²) in [5.74, 6) is 0. The van der Waals surface area contributed by atoms with Crippen LogP contribution in [0.4, 0.5) is 0 Å². The molecular weight excluding hydrogens is 494 g/mol. The number of fused-ring (bicyclic) bond motifs is 9. The summed E-state index contributed by atoms with van der Waals surface area (Å²) in [4.78, 5) is 0. The molecule has 0 aliphatic rings. The molecule has 0 bridgehead atoms. The molecule has 0 fully saturated rings. The molecule has 0 radical (unpaired) electrons. The van der Waals surface area contributed by atoms with Gasteiger partial charge in [-0.3, -0.25) is 0 Å². The van der Waals surface area contributed by atoms with Gasteiger partial charge in [0, 0.05) is 53.5 Å². The third kappa shape index (κ3) is 3.02. The molecule has 182 valence electrons. The molecule has 0 atom stereocenters. The lowest BCUT2D eigenvalue weighted by molar-refractivity contribution is 0.669. The van der Waals surface area contributed by atoms with Crippen LogP contribution in [0.2, 0.25) is 0 Å².